The van der Waals surface area contributed by atoms with Gasteiger partial charge in [0, 0.05) is 6.04 Å². The summed E-state index contributed by atoms with van der Waals surface area (Å²) in [6.07, 6.45) is 0.214. The Morgan fingerprint density at radius 3 is 2.17 bits per heavy atom. The molecule has 0 fully saturated rings. The van der Waals surface area contributed by atoms with Crippen molar-refractivity contribution in [1.82, 2.24) is 0 Å². The molecule has 0 saturated heterocycles. The van der Waals surface area contributed by atoms with Gasteiger partial charge in [-0.2, -0.15) is 0 Å². The van der Waals surface area contributed by atoms with Crippen LogP contribution in [0, 0.1) is 0 Å². The lowest BCUT2D eigenvalue weighted by Gasteiger charge is -2.20. The molecular weight excluding hydrogens is 250 g/mol. The van der Waals surface area contributed by atoms with E-state index in [1.807, 2.05) is 12.1 Å². The summed E-state index contributed by atoms with van der Waals surface area (Å²) in [6, 6.07) is 7.79. The van der Waals surface area contributed by atoms with Crippen LogP contribution in [0.4, 0.5) is 0 Å². The van der Waals surface area contributed by atoms with Gasteiger partial charge >= 0.3 is 5.97 Å². The predicted octanol–water partition coefficient (Wildman–Crippen LogP) is 2.97. The fourth-order valence-electron chi connectivity index (χ4n) is 1.61. The van der Waals surface area contributed by atoms with Gasteiger partial charge in [-0.15, -0.1) is 12.4 Å². The standard InChI is InChI=1S/C14H21NO2.ClH/c1-14(2,3)11-7-5-10(6-8-11)12(15)9-13(16)17-4;/h5-8,12H,9,15H2,1-4H3;1H/t12-;/m0./s1. The molecular formula is C14H22ClNO2. The van der Waals surface area contributed by atoms with Crippen LogP contribution < -0.4 is 5.73 Å². The number of rotatable bonds is 3. The van der Waals surface area contributed by atoms with E-state index in [0.29, 0.717) is 0 Å². The Morgan fingerprint density at radius 1 is 1.28 bits per heavy atom. The first-order chi connectivity index (χ1) is 7.84. The number of ether oxygens (including phenoxy) is 1. The molecule has 4 heteroatoms. The van der Waals surface area contributed by atoms with Gasteiger partial charge in [0.05, 0.1) is 13.5 Å². The molecule has 1 atom stereocenters. The van der Waals surface area contributed by atoms with Crippen molar-refractivity contribution in [1.29, 1.82) is 0 Å². The first-order valence-corrected chi connectivity index (χ1v) is 5.77. The number of hydrogen-bond acceptors (Lipinski definition) is 3. The largest absolute Gasteiger partial charge is 0.469 e. The zero-order valence-electron chi connectivity index (χ0n) is 11.4. The molecule has 0 aliphatic heterocycles. The summed E-state index contributed by atoms with van der Waals surface area (Å²) < 4.78 is 4.60. The van der Waals surface area contributed by atoms with Gasteiger partial charge in [-0.1, -0.05) is 45.0 Å². The van der Waals surface area contributed by atoms with Crippen molar-refractivity contribution in [2.45, 2.75) is 38.6 Å². The van der Waals surface area contributed by atoms with Crippen LogP contribution in [0.25, 0.3) is 0 Å². The monoisotopic (exact) mass is 271 g/mol. The second-order valence-electron chi connectivity index (χ2n) is 5.26. The second kappa shape index (κ2) is 6.76. The van der Waals surface area contributed by atoms with Crippen molar-refractivity contribution in [3.63, 3.8) is 0 Å². The summed E-state index contributed by atoms with van der Waals surface area (Å²) in [5.74, 6) is -0.280. The molecule has 0 heterocycles. The van der Waals surface area contributed by atoms with E-state index in [0.717, 1.165) is 5.56 Å². The Bertz CT molecular complexity index is 382. The van der Waals surface area contributed by atoms with Crippen LogP contribution >= 0.6 is 12.4 Å². The number of carbonyl (C=O) groups excluding carboxylic acids is 1. The highest BCUT2D eigenvalue weighted by Crippen LogP contribution is 2.24. The highest BCUT2D eigenvalue weighted by Gasteiger charge is 2.15. The lowest BCUT2D eigenvalue weighted by atomic mass is 9.86. The number of esters is 1. The molecule has 1 rings (SSSR count). The molecule has 0 unspecified atom stereocenters. The van der Waals surface area contributed by atoms with Crippen molar-refractivity contribution in [3.8, 4) is 0 Å². The molecule has 0 aliphatic rings. The third-order valence-corrected chi connectivity index (χ3v) is 2.82. The van der Waals surface area contributed by atoms with E-state index in [1.165, 1.54) is 12.7 Å². The van der Waals surface area contributed by atoms with E-state index in [1.54, 1.807) is 0 Å². The zero-order valence-corrected chi connectivity index (χ0v) is 12.2. The summed E-state index contributed by atoms with van der Waals surface area (Å²) >= 11 is 0. The second-order valence-corrected chi connectivity index (χ2v) is 5.26. The van der Waals surface area contributed by atoms with Crippen LogP contribution in [0.5, 0.6) is 0 Å². The van der Waals surface area contributed by atoms with Crippen molar-refractivity contribution in [2.75, 3.05) is 7.11 Å². The van der Waals surface area contributed by atoms with Gasteiger partial charge in [-0.3, -0.25) is 4.79 Å². The SMILES string of the molecule is COC(=O)C[C@H](N)c1ccc(C(C)(C)C)cc1.Cl. The summed E-state index contributed by atoms with van der Waals surface area (Å²) in [7, 11) is 1.37. The molecule has 0 amide bonds. The maximum atomic E-state index is 11.1. The van der Waals surface area contributed by atoms with Crippen molar-refractivity contribution < 1.29 is 9.53 Å². The molecule has 1 aromatic rings. The topological polar surface area (TPSA) is 52.3 Å². The number of benzene rings is 1. The highest BCUT2D eigenvalue weighted by atomic mass is 35.5. The number of carbonyl (C=O) groups is 1. The highest BCUT2D eigenvalue weighted by molar-refractivity contribution is 5.85. The third kappa shape index (κ3) is 4.67. The van der Waals surface area contributed by atoms with Gasteiger partial charge in [0.15, 0.2) is 0 Å². The van der Waals surface area contributed by atoms with Gasteiger partial charge < -0.3 is 10.5 Å². The Morgan fingerprint density at radius 2 is 1.78 bits per heavy atom. The number of nitrogens with two attached hydrogens (primary N) is 1. The molecule has 102 valence electrons. The number of hydrogen-bond donors (Lipinski definition) is 1. The molecule has 3 nitrogen and oxygen atoms in total. The molecule has 0 spiro atoms. The molecule has 0 aromatic heterocycles. The van der Waals surface area contributed by atoms with Crippen LogP contribution in [0.3, 0.4) is 0 Å². The normalized spacial score (nSPS) is 12.5. The van der Waals surface area contributed by atoms with E-state index < -0.39 is 0 Å². The van der Waals surface area contributed by atoms with Gasteiger partial charge in [0.25, 0.3) is 0 Å². The van der Waals surface area contributed by atoms with E-state index in [2.05, 4.69) is 37.6 Å². The molecule has 2 N–H and O–H groups in total. The molecule has 0 bridgehead atoms. The first-order valence-electron chi connectivity index (χ1n) is 5.77. The molecule has 0 saturated carbocycles. The number of methoxy groups -OCH3 is 1. The van der Waals surface area contributed by atoms with Crippen molar-refractivity contribution >= 4 is 18.4 Å². The maximum Gasteiger partial charge on any atom is 0.307 e. The fourth-order valence-corrected chi connectivity index (χ4v) is 1.61. The summed E-state index contributed by atoms with van der Waals surface area (Å²) in [5.41, 5.74) is 8.28. The van der Waals surface area contributed by atoms with Crippen LogP contribution in [-0.2, 0) is 14.9 Å². The van der Waals surface area contributed by atoms with Crippen LogP contribution in [0.15, 0.2) is 24.3 Å². The predicted molar refractivity (Wildman–Crippen MR) is 76.0 cm³/mol. The quantitative estimate of drug-likeness (QED) is 0.860. The summed E-state index contributed by atoms with van der Waals surface area (Å²) in [4.78, 5) is 11.1. The zero-order chi connectivity index (χ0) is 13.1. The van der Waals surface area contributed by atoms with Crippen LogP contribution in [0.1, 0.15) is 44.4 Å². The maximum absolute atomic E-state index is 11.1. The lowest BCUT2D eigenvalue weighted by molar-refractivity contribution is -0.141. The lowest BCUT2D eigenvalue weighted by Crippen LogP contribution is -2.17. The number of halogens is 1. The van der Waals surface area contributed by atoms with E-state index >= 15 is 0 Å². The Balaban J connectivity index is 0.00000289. The van der Waals surface area contributed by atoms with Crippen LogP contribution in [0.2, 0.25) is 0 Å². The first kappa shape index (κ1) is 16.9. The minimum atomic E-state index is -0.295. The van der Waals surface area contributed by atoms with Crippen molar-refractivity contribution in [3.05, 3.63) is 35.4 Å². The summed E-state index contributed by atoms with van der Waals surface area (Å²) in [5, 5.41) is 0. The van der Waals surface area contributed by atoms with Gasteiger partial charge in [0.2, 0.25) is 0 Å². The average Bonchev–Trinajstić information content (AvgIpc) is 2.27. The minimum absolute atomic E-state index is 0. The summed E-state index contributed by atoms with van der Waals surface area (Å²) in [6.45, 7) is 6.49. The smallest absolute Gasteiger partial charge is 0.307 e. The molecule has 0 aliphatic carbocycles. The molecule has 1 aromatic carbocycles. The van der Waals surface area contributed by atoms with Gasteiger partial charge in [-0.05, 0) is 16.5 Å². The van der Waals surface area contributed by atoms with E-state index in [4.69, 9.17) is 5.73 Å². The Kier molecular flexibility index (Phi) is 6.36. The van der Waals surface area contributed by atoms with Crippen molar-refractivity contribution in [2.24, 2.45) is 5.73 Å². The Labute approximate surface area is 115 Å². The molecule has 0 radical (unpaired) electrons. The molecule has 18 heavy (non-hydrogen) atoms. The minimum Gasteiger partial charge on any atom is -0.469 e. The van der Waals surface area contributed by atoms with Gasteiger partial charge in [0.1, 0.15) is 0 Å². The fraction of sp³-hybridized carbons (Fsp3) is 0.500. The average molecular weight is 272 g/mol. The van der Waals surface area contributed by atoms with Gasteiger partial charge in [-0.25, -0.2) is 0 Å². The third-order valence-electron chi connectivity index (χ3n) is 2.82. The Hall–Kier alpha value is -1.06. The van der Waals surface area contributed by atoms with E-state index in [9.17, 15) is 4.79 Å². The van der Waals surface area contributed by atoms with E-state index in [-0.39, 0.29) is 36.3 Å². The van der Waals surface area contributed by atoms with Crippen LogP contribution in [-0.4, -0.2) is 13.1 Å².